The van der Waals surface area contributed by atoms with Gasteiger partial charge in [0.2, 0.25) is 11.7 Å². The van der Waals surface area contributed by atoms with E-state index in [-0.39, 0.29) is 44.5 Å². The molecule has 1 aromatic rings. The molecule has 0 aliphatic heterocycles. The molecule has 4 nitrogen and oxygen atoms in total. The molecule has 0 saturated heterocycles. The number of fused-ring (bicyclic) bond motifs is 7. The number of amides is 1. The fourth-order valence-corrected chi connectivity index (χ4v) is 9.84. The molecule has 4 heteroatoms. The SMILES string of the molecule is CC1=C(O)C(=O)C=C2C1=CC=C1[C@@]2(C)CC[C@@]2(C)[C@@H]3C[C@](C)(C(=O)NCCc4ccccc4)CC[C@]3(C)CC[C@]12C. The van der Waals surface area contributed by atoms with E-state index in [2.05, 4.69) is 76.4 Å². The van der Waals surface area contributed by atoms with Crippen LogP contribution in [0.5, 0.6) is 0 Å². The third-order valence-electron chi connectivity index (χ3n) is 13.0. The maximum atomic E-state index is 13.8. The lowest BCUT2D eigenvalue weighted by molar-refractivity contribution is -0.169. The number of hydrogen-bond donors (Lipinski definition) is 2. The summed E-state index contributed by atoms with van der Waals surface area (Å²) in [5, 5.41) is 13.7. The summed E-state index contributed by atoms with van der Waals surface area (Å²) in [4.78, 5) is 26.5. The number of benzene rings is 1. The minimum absolute atomic E-state index is 0.0325. The minimum atomic E-state index is -0.366. The summed E-state index contributed by atoms with van der Waals surface area (Å²) in [6.45, 7) is 14.6. The zero-order valence-corrected chi connectivity index (χ0v) is 25.8. The largest absolute Gasteiger partial charge is 0.504 e. The third kappa shape index (κ3) is 3.99. The van der Waals surface area contributed by atoms with E-state index in [1.807, 2.05) is 13.0 Å². The Morgan fingerprint density at radius 3 is 2.39 bits per heavy atom. The fourth-order valence-electron chi connectivity index (χ4n) is 9.84. The van der Waals surface area contributed by atoms with Crippen molar-refractivity contribution in [3.8, 4) is 0 Å². The third-order valence-corrected chi connectivity index (χ3v) is 13.0. The summed E-state index contributed by atoms with van der Waals surface area (Å²) < 4.78 is 0. The molecule has 5 aliphatic carbocycles. The maximum absolute atomic E-state index is 13.8. The molecule has 0 spiro atoms. The molecule has 2 N–H and O–H groups in total. The van der Waals surface area contributed by atoms with Gasteiger partial charge in [-0.3, -0.25) is 9.59 Å². The summed E-state index contributed by atoms with van der Waals surface area (Å²) in [7, 11) is 0. The summed E-state index contributed by atoms with van der Waals surface area (Å²) >= 11 is 0. The van der Waals surface area contributed by atoms with Crippen molar-refractivity contribution >= 4 is 11.7 Å². The van der Waals surface area contributed by atoms with Crippen LogP contribution in [-0.4, -0.2) is 23.3 Å². The second kappa shape index (κ2) is 9.31. The summed E-state index contributed by atoms with van der Waals surface area (Å²) in [6, 6.07) is 10.4. The van der Waals surface area contributed by atoms with E-state index in [0.717, 1.165) is 62.5 Å². The van der Waals surface area contributed by atoms with Gasteiger partial charge in [-0.05, 0) is 103 Å². The number of rotatable bonds is 4. The monoisotopic (exact) mass is 553 g/mol. The second-order valence-corrected chi connectivity index (χ2v) is 15.1. The number of aliphatic hydroxyl groups is 1. The van der Waals surface area contributed by atoms with E-state index in [0.29, 0.717) is 18.0 Å². The highest BCUT2D eigenvalue weighted by atomic mass is 16.3. The molecule has 0 bridgehead atoms. The van der Waals surface area contributed by atoms with Gasteiger partial charge in [0.05, 0.1) is 0 Å². The van der Waals surface area contributed by atoms with Crippen LogP contribution < -0.4 is 5.32 Å². The fraction of sp³-hybridized carbons (Fsp3) is 0.568. The van der Waals surface area contributed by atoms with Crippen LogP contribution in [0, 0.1) is 33.0 Å². The summed E-state index contributed by atoms with van der Waals surface area (Å²) in [5.41, 5.74) is 5.14. The second-order valence-electron chi connectivity index (χ2n) is 15.1. The van der Waals surface area contributed by atoms with E-state index in [9.17, 15) is 14.7 Å². The van der Waals surface area contributed by atoms with E-state index in [1.165, 1.54) is 11.1 Å². The normalized spacial score (nSPS) is 39.8. The Labute approximate surface area is 246 Å². The molecular weight excluding hydrogens is 506 g/mol. The standard InChI is InChI=1S/C37H47NO3/c1-24-26-12-13-29-35(4,27(26)22-28(39)31(24)40)18-20-37(6)30-23-34(3,16-15-33(30,2)17-19-36(29,37)5)32(41)38-21-14-25-10-8-7-9-11-25/h7-13,22,30,40H,14-21,23H2,1-6H3,(H,38,41)/t30-,33-,34-,35+,36-,37+/m1/s1. The van der Waals surface area contributed by atoms with E-state index in [1.54, 1.807) is 6.08 Å². The topological polar surface area (TPSA) is 66.4 Å². The Morgan fingerprint density at radius 2 is 1.66 bits per heavy atom. The number of aliphatic hydroxyl groups excluding tert-OH is 1. The molecule has 1 amide bonds. The first-order chi connectivity index (χ1) is 19.3. The van der Waals surface area contributed by atoms with Gasteiger partial charge in [-0.1, -0.05) is 82.7 Å². The van der Waals surface area contributed by atoms with Crippen LogP contribution in [0.15, 0.2) is 76.6 Å². The van der Waals surface area contributed by atoms with Crippen molar-refractivity contribution in [3.05, 3.63) is 82.2 Å². The molecule has 41 heavy (non-hydrogen) atoms. The molecular formula is C37H47NO3. The lowest BCUT2D eigenvalue weighted by Crippen LogP contribution is -2.62. The quantitative estimate of drug-likeness (QED) is 0.397. The first-order valence-electron chi connectivity index (χ1n) is 15.7. The van der Waals surface area contributed by atoms with E-state index >= 15 is 0 Å². The number of allylic oxidation sites excluding steroid dienone is 7. The Hall–Kier alpha value is -2.88. The molecule has 0 heterocycles. The zero-order chi connectivity index (χ0) is 29.4. The Kier molecular flexibility index (Phi) is 6.42. The first kappa shape index (κ1) is 28.2. The molecule has 5 aliphatic rings. The summed E-state index contributed by atoms with van der Waals surface area (Å²) in [6.07, 6.45) is 14.3. The maximum Gasteiger partial charge on any atom is 0.225 e. The van der Waals surface area contributed by atoms with Gasteiger partial charge in [0.15, 0.2) is 5.76 Å². The van der Waals surface area contributed by atoms with Gasteiger partial charge in [-0.2, -0.15) is 0 Å². The Bertz CT molecular complexity index is 1430. The summed E-state index contributed by atoms with van der Waals surface area (Å²) in [5.74, 6) is 0.262. The van der Waals surface area contributed by atoms with Crippen molar-refractivity contribution in [1.29, 1.82) is 0 Å². The Morgan fingerprint density at radius 1 is 0.951 bits per heavy atom. The number of ketones is 1. The van der Waals surface area contributed by atoms with Crippen LogP contribution in [0.3, 0.4) is 0 Å². The van der Waals surface area contributed by atoms with Gasteiger partial charge >= 0.3 is 0 Å². The van der Waals surface area contributed by atoms with Crippen LogP contribution in [0.4, 0.5) is 0 Å². The molecule has 218 valence electrons. The molecule has 0 radical (unpaired) electrons. The van der Waals surface area contributed by atoms with E-state index < -0.39 is 0 Å². The van der Waals surface area contributed by atoms with Crippen molar-refractivity contribution in [3.63, 3.8) is 0 Å². The minimum Gasteiger partial charge on any atom is -0.504 e. The molecule has 6 rings (SSSR count). The van der Waals surface area contributed by atoms with Crippen LogP contribution in [0.1, 0.15) is 92.1 Å². The Balaban J connectivity index is 1.30. The average Bonchev–Trinajstić information content (AvgIpc) is 2.95. The van der Waals surface area contributed by atoms with Gasteiger partial charge in [0.25, 0.3) is 0 Å². The van der Waals surface area contributed by atoms with Gasteiger partial charge in [-0.25, -0.2) is 0 Å². The van der Waals surface area contributed by atoms with Gasteiger partial charge < -0.3 is 10.4 Å². The van der Waals surface area contributed by atoms with Crippen LogP contribution >= 0.6 is 0 Å². The highest BCUT2D eigenvalue weighted by Gasteiger charge is 2.67. The first-order valence-corrected chi connectivity index (χ1v) is 15.7. The molecule has 0 unspecified atom stereocenters. The zero-order valence-electron chi connectivity index (χ0n) is 25.8. The molecule has 1 aromatic carbocycles. The highest BCUT2D eigenvalue weighted by Crippen LogP contribution is 2.75. The van der Waals surface area contributed by atoms with Crippen molar-refractivity contribution in [2.24, 2.45) is 33.0 Å². The molecule has 0 aromatic heterocycles. The van der Waals surface area contributed by atoms with Crippen molar-refractivity contribution in [2.45, 2.75) is 92.9 Å². The smallest absolute Gasteiger partial charge is 0.225 e. The van der Waals surface area contributed by atoms with Gasteiger partial charge in [0, 0.05) is 22.9 Å². The van der Waals surface area contributed by atoms with Crippen molar-refractivity contribution in [1.82, 2.24) is 5.32 Å². The molecule has 3 fully saturated rings. The lowest BCUT2D eigenvalue weighted by Gasteiger charge is -2.70. The van der Waals surface area contributed by atoms with Crippen LogP contribution in [0.25, 0.3) is 0 Å². The predicted molar refractivity (Wildman–Crippen MR) is 164 cm³/mol. The molecule has 6 atom stereocenters. The van der Waals surface area contributed by atoms with Gasteiger partial charge in [-0.15, -0.1) is 0 Å². The van der Waals surface area contributed by atoms with Crippen molar-refractivity contribution in [2.75, 3.05) is 6.54 Å². The predicted octanol–water partition coefficient (Wildman–Crippen LogP) is 7.97. The number of carbonyl (C=O) groups excluding carboxylic acids is 2. The van der Waals surface area contributed by atoms with Crippen LogP contribution in [-0.2, 0) is 16.0 Å². The van der Waals surface area contributed by atoms with Gasteiger partial charge in [0.1, 0.15) is 0 Å². The highest BCUT2D eigenvalue weighted by molar-refractivity contribution is 6.06. The van der Waals surface area contributed by atoms with Crippen molar-refractivity contribution < 1.29 is 14.7 Å². The number of carbonyl (C=O) groups is 2. The number of nitrogens with one attached hydrogen (secondary N) is 1. The number of hydrogen-bond acceptors (Lipinski definition) is 3. The molecule has 3 saturated carbocycles. The lowest BCUT2D eigenvalue weighted by atomic mass is 9.34. The van der Waals surface area contributed by atoms with E-state index in [4.69, 9.17) is 0 Å². The van der Waals surface area contributed by atoms with Crippen LogP contribution in [0.2, 0.25) is 0 Å². The average molecular weight is 554 g/mol.